The fourth-order valence-corrected chi connectivity index (χ4v) is 3.08. The Morgan fingerprint density at radius 2 is 1.77 bits per heavy atom. The molecular weight excluding hydrogens is 383 g/mol. The van der Waals surface area contributed by atoms with E-state index in [0.717, 1.165) is 4.57 Å². The van der Waals surface area contributed by atoms with Gasteiger partial charge < -0.3 is 9.30 Å². The van der Waals surface area contributed by atoms with Crippen LogP contribution in [0.3, 0.4) is 0 Å². The van der Waals surface area contributed by atoms with E-state index in [0.29, 0.717) is 10.0 Å². The van der Waals surface area contributed by atoms with E-state index < -0.39 is 17.2 Å². The number of fused-ring (bicyclic) bond motifs is 1. The van der Waals surface area contributed by atoms with E-state index in [1.165, 1.54) is 47.8 Å². The van der Waals surface area contributed by atoms with Crippen LogP contribution >= 0.6 is 23.2 Å². The predicted octanol–water partition coefficient (Wildman–Crippen LogP) is 1.60. The highest BCUT2D eigenvalue weighted by atomic mass is 35.5. The lowest BCUT2D eigenvalue weighted by Gasteiger charge is -2.08. The summed E-state index contributed by atoms with van der Waals surface area (Å²) in [6, 6.07) is 4.42. The summed E-state index contributed by atoms with van der Waals surface area (Å²) in [6.07, 6.45) is 1.43. The maximum atomic E-state index is 12.3. The molecular formula is C16H14Cl2N4O4. The van der Waals surface area contributed by atoms with Crippen LogP contribution in [0.1, 0.15) is 10.4 Å². The first-order valence-electron chi connectivity index (χ1n) is 7.53. The lowest BCUT2D eigenvalue weighted by atomic mass is 10.2. The maximum absolute atomic E-state index is 12.3. The molecule has 0 amide bonds. The summed E-state index contributed by atoms with van der Waals surface area (Å²) >= 11 is 11.7. The molecule has 2 aromatic heterocycles. The van der Waals surface area contributed by atoms with Crippen LogP contribution in [0.25, 0.3) is 11.2 Å². The molecule has 0 N–H and O–H groups in total. The van der Waals surface area contributed by atoms with Gasteiger partial charge in [0.15, 0.2) is 11.2 Å². The Labute approximate surface area is 157 Å². The highest BCUT2D eigenvalue weighted by Crippen LogP contribution is 2.19. The number of hydrogen-bond donors (Lipinski definition) is 0. The predicted molar refractivity (Wildman–Crippen MR) is 97.0 cm³/mol. The van der Waals surface area contributed by atoms with Crippen LogP contribution in [0.4, 0.5) is 0 Å². The zero-order chi connectivity index (χ0) is 19.0. The largest absolute Gasteiger partial charge is 0.460 e. The van der Waals surface area contributed by atoms with Crippen molar-refractivity contribution in [3.05, 3.63) is 61.0 Å². The SMILES string of the molecule is Cn1c(=O)c2c(ncn2CCOC(=O)c2cc(Cl)cc(Cl)c2)n(C)c1=O. The normalized spacial score (nSPS) is 11.1. The Balaban J connectivity index is 1.80. The molecule has 3 aromatic rings. The zero-order valence-corrected chi connectivity index (χ0v) is 15.4. The van der Waals surface area contributed by atoms with Crippen molar-refractivity contribution in [1.82, 2.24) is 18.7 Å². The molecule has 2 heterocycles. The fraction of sp³-hybridized carbons (Fsp3) is 0.250. The van der Waals surface area contributed by atoms with Crippen LogP contribution < -0.4 is 11.2 Å². The molecule has 136 valence electrons. The second kappa shape index (κ2) is 6.97. The number of imidazole rings is 1. The number of carbonyl (C=O) groups is 1. The number of hydrogen-bond acceptors (Lipinski definition) is 5. The second-order valence-electron chi connectivity index (χ2n) is 5.61. The molecule has 0 bridgehead atoms. The first-order chi connectivity index (χ1) is 12.3. The number of halogens is 2. The number of aryl methyl sites for hydroxylation is 1. The molecule has 3 rings (SSSR count). The molecule has 0 spiro atoms. The van der Waals surface area contributed by atoms with Crippen LogP contribution in [-0.4, -0.2) is 31.3 Å². The summed E-state index contributed by atoms with van der Waals surface area (Å²) in [5.74, 6) is -0.584. The number of rotatable bonds is 4. The number of benzene rings is 1. The average molecular weight is 397 g/mol. The van der Waals surface area contributed by atoms with Gasteiger partial charge in [0.05, 0.1) is 18.4 Å². The van der Waals surface area contributed by atoms with E-state index in [4.69, 9.17) is 27.9 Å². The van der Waals surface area contributed by atoms with Gasteiger partial charge in [-0.15, -0.1) is 0 Å². The second-order valence-corrected chi connectivity index (χ2v) is 6.48. The first-order valence-corrected chi connectivity index (χ1v) is 8.29. The standard InChI is InChI=1S/C16H14Cl2N4O4/c1-20-13-12(14(23)21(2)16(20)25)22(8-19-13)3-4-26-15(24)9-5-10(17)7-11(18)6-9/h5-8H,3-4H2,1-2H3. The third-order valence-corrected chi connectivity index (χ3v) is 4.32. The van der Waals surface area contributed by atoms with Crippen molar-refractivity contribution in [2.45, 2.75) is 6.54 Å². The highest BCUT2D eigenvalue weighted by Gasteiger charge is 2.15. The Kier molecular flexibility index (Phi) is 4.88. The lowest BCUT2D eigenvalue weighted by molar-refractivity contribution is 0.0492. The maximum Gasteiger partial charge on any atom is 0.338 e. The van der Waals surface area contributed by atoms with Crippen molar-refractivity contribution in [2.24, 2.45) is 14.1 Å². The van der Waals surface area contributed by atoms with Gasteiger partial charge in [0, 0.05) is 24.1 Å². The van der Waals surface area contributed by atoms with Crippen molar-refractivity contribution in [3.63, 3.8) is 0 Å². The molecule has 0 saturated carbocycles. The molecule has 0 aliphatic heterocycles. The summed E-state index contributed by atoms with van der Waals surface area (Å²) in [5.41, 5.74) is -0.163. The van der Waals surface area contributed by atoms with E-state index in [1.54, 1.807) is 0 Å². The number of aromatic nitrogens is 4. The highest BCUT2D eigenvalue weighted by molar-refractivity contribution is 6.35. The Bertz CT molecular complexity index is 1110. The zero-order valence-electron chi connectivity index (χ0n) is 13.9. The molecule has 0 saturated heterocycles. The van der Waals surface area contributed by atoms with Gasteiger partial charge in [-0.05, 0) is 18.2 Å². The van der Waals surface area contributed by atoms with Crippen molar-refractivity contribution >= 4 is 40.3 Å². The number of carbonyl (C=O) groups excluding carboxylic acids is 1. The summed E-state index contributed by atoms with van der Waals surface area (Å²) < 4.78 is 9.02. The third-order valence-electron chi connectivity index (χ3n) is 3.88. The Morgan fingerprint density at radius 3 is 2.42 bits per heavy atom. The van der Waals surface area contributed by atoms with Gasteiger partial charge in [0.25, 0.3) is 5.56 Å². The molecule has 0 atom stereocenters. The first kappa shape index (κ1) is 18.2. The van der Waals surface area contributed by atoms with Gasteiger partial charge in [0.1, 0.15) is 6.61 Å². The molecule has 8 nitrogen and oxygen atoms in total. The van der Waals surface area contributed by atoms with E-state index >= 15 is 0 Å². The van der Waals surface area contributed by atoms with Crippen LogP contribution in [0.5, 0.6) is 0 Å². The quantitative estimate of drug-likeness (QED) is 0.624. The van der Waals surface area contributed by atoms with Gasteiger partial charge in [-0.2, -0.15) is 0 Å². The van der Waals surface area contributed by atoms with Crippen LogP contribution in [0.2, 0.25) is 10.0 Å². The van der Waals surface area contributed by atoms with Gasteiger partial charge >= 0.3 is 11.7 Å². The van der Waals surface area contributed by atoms with Crippen molar-refractivity contribution < 1.29 is 9.53 Å². The number of ether oxygens (including phenoxy) is 1. The molecule has 0 radical (unpaired) electrons. The lowest BCUT2D eigenvalue weighted by Crippen LogP contribution is -2.37. The summed E-state index contributed by atoms with van der Waals surface area (Å²) in [7, 11) is 2.93. The smallest absolute Gasteiger partial charge is 0.338 e. The molecule has 10 heteroatoms. The molecule has 0 aliphatic carbocycles. The number of esters is 1. The topological polar surface area (TPSA) is 88.1 Å². The summed E-state index contributed by atoms with van der Waals surface area (Å²) in [5, 5.41) is 0.656. The van der Waals surface area contributed by atoms with E-state index in [2.05, 4.69) is 4.98 Å². The molecule has 26 heavy (non-hydrogen) atoms. The van der Waals surface area contributed by atoms with Gasteiger partial charge in [-0.25, -0.2) is 14.6 Å². The van der Waals surface area contributed by atoms with Crippen molar-refractivity contribution in [3.8, 4) is 0 Å². The average Bonchev–Trinajstić information content (AvgIpc) is 3.01. The number of nitrogens with zero attached hydrogens (tertiary/aromatic N) is 4. The fourth-order valence-electron chi connectivity index (χ4n) is 2.56. The molecule has 0 unspecified atom stereocenters. The Hall–Kier alpha value is -2.58. The monoisotopic (exact) mass is 396 g/mol. The summed E-state index contributed by atoms with van der Waals surface area (Å²) in [4.78, 5) is 40.4. The summed E-state index contributed by atoms with van der Waals surface area (Å²) in [6.45, 7) is 0.199. The van der Waals surface area contributed by atoms with E-state index in [1.807, 2.05) is 0 Å². The van der Waals surface area contributed by atoms with Gasteiger partial charge in [-0.1, -0.05) is 23.2 Å². The minimum absolute atomic E-state index is 0.000417. The molecule has 0 fully saturated rings. The Morgan fingerprint density at radius 1 is 1.12 bits per heavy atom. The minimum Gasteiger partial charge on any atom is -0.460 e. The molecule has 0 aliphatic rings. The molecule has 1 aromatic carbocycles. The van der Waals surface area contributed by atoms with Gasteiger partial charge in [0.2, 0.25) is 0 Å². The van der Waals surface area contributed by atoms with Crippen molar-refractivity contribution in [1.29, 1.82) is 0 Å². The van der Waals surface area contributed by atoms with E-state index in [-0.39, 0.29) is 29.9 Å². The van der Waals surface area contributed by atoms with Crippen molar-refractivity contribution in [2.75, 3.05) is 6.61 Å². The van der Waals surface area contributed by atoms with Crippen LogP contribution in [0, 0.1) is 0 Å². The minimum atomic E-state index is -0.584. The third kappa shape index (κ3) is 3.25. The van der Waals surface area contributed by atoms with Gasteiger partial charge in [-0.3, -0.25) is 13.9 Å². The van der Waals surface area contributed by atoms with Crippen LogP contribution in [0.15, 0.2) is 34.1 Å². The van der Waals surface area contributed by atoms with Crippen LogP contribution in [-0.2, 0) is 25.4 Å². The van der Waals surface area contributed by atoms with E-state index in [9.17, 15) is 14.4 Å².